The molecule has 4 aromatic rings. The number of hydrogen-bond acceptors (Lipinski definition) is 6. The maximum absolute atomic E-state index is 8.94. The second-order valence-electron chi connectivity index (χ2n) is 5.58. The number of benzene rings is 1. The van der Waals surface area contributed by atoms with E-state index in [1.807, 2.05) is 22.8 Å². The van der Waals surface area contributed by atoms with E-state index in [0.717, 1.165) is 11.3 Å². The van der Waals surface area contributed by atoms with Crippen LogP contribution in [0.1, 0.15) is 5.56 Å². The average molecular weight is 425 g/mol. The van der Waals surface area contributed by atoms with Gasteiger partial charge in [0.15, 0.2) is 5.82 Å². The number of nitriles is 1. The summed E-state index contributed by atoms with van der Waals surface area (Å²) in [7, 11) is 0. The Labute approximate surface area is 174 Å². The standard InChI is InChI=1S/C19H10Cl2N6S/c20-15-5-4-14(8-16(15)21)27-18(13-2-1-7-23-11-13)25-26-19(27)28-17-6-3-12(9-22)10-24-17/h1-8,10-11H. The van der Waals surface area contributed by atoms with E-state index in [2.05, 4.69) is 26.2 Å². The highest BCUT2D eigenvalue weighted by atomic mass is 35.5. The molecule has 4 rings (SSSR count). The molecule has 0 radical (unpaired) electrons. The van der Waals surface area contributed by atoms with Gasteiger partial charge >= 0.3 is 0 Å². The molecule has 0 atom stereocenters. The molecule has 0 saturated carbocycles. The zero-order valence-electron chi connectivity index (χ0n) is 14.1. The van der Waals surface area contributed by atoms with Crippen molar-refractivity contribution in [3.63, 3.8) is 0 Å². The molecule has 0 saturated heterocycles. The SMILES string of the molecule is N#Cc1ccc(Sc2nnc(-c3cccnc3)n2-c2ccc(Cl)c(Cl)c2)nc1. The van der Waals surface area contributed by atoms with Crippen molar-refractivity contribution in [1.29, 1.82) is 5.26 Å². The van der Waals surface area contributed by atoms with Gasteiger partial charge in [0.05, 0.1) is 21.3 Å². The first-order valence-corrected chi connectivity index (χ1v) is 9.58. The normalized spacial score (nSPS) is 10.6. The van der Waals surface area contributed by atoms with Crippen LogP contribution in [0.5, 0.6) is 0 Å². The molecule has 0 unspecified atom stereocenters. The van der Waals surface area contributed by atoms with E-state index in [1.165, 1.54) is 18.0 Å². The van der Waals surface area contributed by atoms with Gasteiger partial charge in [0.2, 0.25) is 5.16 Å². The Morgan fingerprint density at radius 3 is 2.57 bits per heavy atom. The molecular formula is C19H10Cl2N6S. The Bertz CT molecular complexity index is 1170. The summed E-state index contributed by atoms with van der Waals surface area (Å²) in [6.45, 7) is 0. The third kappa shape index (κ3) is 3.71. The van der Waals surface area contributed by atoms with Crippen LogP contribution in [0.3, 0.4) is 0 Å². The van der Waals surface area contributed by atoms with E-state index in [-0.39, 0.29) is 0 Å². The van der Waals surface area contributed by atoms with Crippen molar-refractivity contribution in [2.75, 3.05) is 0 Å². The third-order valence-electron chi connectivity index (χ3n) is 3.78. The maximum atomic E-state index is 8.94. The molecule has 0 N–H and O–H groups in total. The van der Waals surface area contributed by atoms with Crippen molar-refractivity contribution in [3.05, 3.63) is 76.7 Å². The molecule has 0 aliphatic carbocycles. The molecule has 3 heterocycles. The van der Waals surface area contributed by atoms with Gasteiger partial charge in [-0.05, 0) is 54.2 Å². The second kappa shape index (κ2) is 7.98. The number of halogens is 2. The lowest BCUT2D eigenvalue weighted by molar-refractivity contribution is 0.882. The maximum Gasteiger partial charge on any atom is 0.202 e. The van der Waals surface area contributed by atoms with Crippen LogP contribution < -0.4 is 0 Å². The summed E-state index contributed by atoms with van der Waals surface area (Å²) < 4.78 is 1.86. The number of aromatic nitrogens is 5. The summed E-state index contributed by atoms with van der Waals surface area (Å²) >= 11 is 13.6. The van der Waals surface area contributed by atoms with Gasteiger partial charge in [-0.25, -0.2) is 4.98 Å². The van der Waals surface area contributed by atoms with Crippen LogP contribution in [-0.2, 0) is 0 Å². The fourth-order valence-electron chi connectivity index (χ4n) is 2.48. The minimum absolute atomic E-state index is 0.428. The Hall–Kier alpha value is -2.92. The minimum Gasteiger partial charge on any atom is -0.270 e. The Kier molecular flexibility index (Phi) is 5.26. The summed E-state index contributed by atoms with van der Waals surface area (Å²) in [6, 6.07) is 14.6. The molecule has 0 amide bonds. The lowest BCUT2D eigenvalue weighted by Crippen LogP contribution is -2.00. The fourth-order valence-corrected chi connectivity index (χ4v) is 3.56. The minimum atomic E-state index is 0.428. The van der Waals surface area contributed by atoms with Crippen molar-refractivity contribution < 1.29 is 0 Å². The van der Waals surface area contributed by atoms with Gasteiger partial charge in [-0.2, -0.15) is 5.26 Å². The van der Waals surface area contributed by atoms with E-state index >= 15 is 0 Å². The number of rotatable bonds is 4. The molecule has 1 aromatic carbocycles. The van der Waals surface area contributed by atoms with Crippen LogP contribution in [0.25, 0.3) is 17.1 Å². The van der Waals surface area contributed by atoms with Crippen molar-refractivity contribution >= 4 is 35.0 Å². The molecule has 0 aliphatic rings. The van der Waals surface area contributed by atoms with Crippen LogP contribution in [0.4, 0.5) is 0 Å². The first-order valence-electron chi connectivity index (χ1n) is 8.01. The van der Waals surface area contributed by atoms with Gasteiger partial charge in [0, 0.05) is 24.2 Å². The van der Waals surface area contributed by atoms with Crippen molar-refractivity contribution in [3.8, 4) is 23.1 Å². The fraction of sp³-hybridized carbons (Fsp3) is 0. The first kappa shape index (κ1) is 18.4. The molecule has 0 spiro atoms. The summed E-state index contributed by atoms with van der Waals surface area (Å²) in [6.07, 6.45) is 4.93. The van der Waals surface area contributed by atoms with Gasteiger partial charge in [-0.3, -0.25) is 9.55 Å². The molecule has 6 nitrogen and oxygen atoms in total. The summed E-state index contributed by atoms with van der Waals surface area (Å²) in [4.78, 5) is 8.45. The molecule has 9 heteroatoms. The summed E-state index contributed by atoms with van der Waals surface area (Å²) in [5.74, 6) is 0.614. The van der Waals surface area contributed by atoms with Crippen LogP contribution in [0.2, 0.25) is 10.0 Å². The first-order chi connectivity index (χ1) is 13.7. The topological polar surface area (TPSA) is 80.3 Å². The number of pyridine rings is 2. The Balaban J connectivity index is 1.83. The zero-order chi connectivity index (χ0) is 19.5. The molecule has 136 valence electrons. The van der Waals surface area contributed by atoms with Gasteiger partial charge < -0.3 is 0 Å². The van der Waals surface area contributed by atoms with E-state index in [1.54, 1.807) is 36.7 Å². The monoisotopic (exact) mass is 424 g/mol. The molecule has 0 fully saturated rings. The van der Waals surface area contributed by atoms with Crippen molar-refractivity contribution in [1.82, 2.24) is 24.7 Å². The Morgan fingerprint density at radius 1 is 1.00 bits per heavy atom. The van der Waals surface area contributed by atoms with E-state index in [9.17, 15) is 0 Å². The molecule has 3 aromatic heterocycles. The van der Waals surface area contributed by atoms with Crippen LogP contribution in [-0.4, -0.2) is 24.7 Å². The lowest BCUT2D eigenvalue weighted by atomic mass is 10.2. The van der Waals surface area contributed by atoms with Gasteiger partial charge in [0.25, 0.3) is 0 Å². The largest absolute Gasteiger partial charge is 0.270 e. The van der Waals surface area contributed by atoms with Gasteiger partial charge in [-0.1, -0.05) is 23.2 Å². The van der Waals surface area contributed by atoms with Gasteiger partial charge in [-0.15, -0.1) is 10.2 Å². The molecular weight excluding hydrogens is 415 g/mol. The predicted molar refractivity (Wildman–Crippen MR) is 108 cm³/mol. The average Bonchev–Trinajstić information content (AvgIpc) is 3.15. The number of nitrogens with zero attached hydrogens (tertiary/aromatic N) is 6. The quantitative estimate of drug-likeness (QED) is 0.455. The van der Waals surface area contributed by atoms with Crippen LogP contribution in [0.15, 0.2) is 71.2 Å². The third-order valence-corrected chi connectivity index (χ3v) is 5.41. The van der Waals surface area contributed by atoms with E-state index in [4.69, 9.17) is 28.5 Å². The molecule has 28 heavy (non-hydrogen) atoms. The van der Waals surface area contributed by atoms with Crippen molar-refractivity contribution in [2.24, 2.45) is 0 Å². The number of hydrogen-bond donors (Lipinski definition) is 0. The zero-order valence-corrected chi connectivity index (χ0v) is 16.4. The molecule has 0 aliphatic heterocycles. The second-order valence-corrected chi connectivity index (χ2v) is 7.38. The van der Waals surface area contributed by atoms with Crippen LogP contribution >= 0.6 is 35.0 Å². The van der Waals surface area contributed by atoms with E-state index in [0.29, 0.717) is 31.6 Å². The Morgan fingerprint density at radius 2 is 1.89 bits per heavy atom. The highest BCUT2D eigenvalue weighted by molar-refractivity contribution is 7.99. The van der Waals surface area contributed by atoms with Crippen molar-refractivity contribution in [2.45, 2.75) is 10.2 Å². The van der Waals surface area contributed by atoms with E-state index < -0.39 is 0 Å². The summed E-state index contributed by atoms with van der Waals surface area (Å²) in [5, 5.41) is 19.8. The highest BCUT2D eigenvalue weighted by Gasteiger charge is 2.18. The molecule has 0 bridgehead atoms. The predicted octanol–water partition coefficient (Wildman–Crippen LogP) is 5.05. The van der Waals surface area contributed by atoms with Gasteiger partial charge in [0.1, 0.15) is 11.1 Å². The van der Waals surface area contributed by atoms with Crippen LogP contribution in [0, 0.1) is 11.3 Å². The lowest BCUT2D eigenvalue weighted by Gasteiger charge is -2.11. The smallest absolute Gasteiger partial charge is 0.202 e. The summed E-state index contributed by atoms with van der Waals surface area (Å²) in [5.41, 5.74) is 2.06. The highest BCUT2D eigenvalue weighted by Crippen LogP contribution is 2.33.